The van der Waals surface area contributed by atoms with Crippen molar-refractivity contribution in [1.29, 1.82) is 0 Å². The summed E-state index contributed by atoms with van der Waals surface area (Å²) in [7, 11) is -1.05. The van der Waals surface area contributed by atoms with Crippen LogP contribution in [0.15, 0.2) is 35.2 Å². The van der Waals surface area contributed by atoms with Crippen LogP contribution in [0.3, 0.4) is 0 Å². The van der Waals surface area contributed by atoms with E-state index >= 15 is 0 Å². The molecule has 0 bridgehead atoms. The van der Waals surface area contributed by atoms with Gasteiger partial charge in [0.1, 0.15) is 11.3 Å². The van der Waals surface area contributed by atoms with Gasteiger partial charge in [-0.25, -0.2) is 8.42 Å². The van der Waals surface area contributed by atoms with Crippen LogP contribution in [0.5, 0.6) is 0 Å². The fraction of sp³-hybridized carbons (Fsp3) is 0.647. The molecule has 0 aliphatic heterocycles. The number of benzene rings is 1. The summed E-state index contributed by atoms with van der Waals surface area (Å²) in [6, 6.07) is 9.08. The topological polar surface area (TPSA) is 34.1 Å². The molecule has 1 aliphatic carbocycles. The summed E-state index contributed by atoms with van der Waals surface area (Å²) in [5.74, 6) is 0. The fourth-order valence-corrected chi connectivity index (χ4v) is 6.56. The summed E-state index contributed by atoms with van der Waals surface area (Å²) in [6.45, 7) is 10.7. The predicted octanol–water partition coefficient (Wildman–Crippen LogP) is 3.11. The summed E-state index contributed by atoms with van der Waals surface area (Å²) < 4.78 is 26.8. The summed E-state index contributed by atoms with van der Waals surface area (Å²) in [4.78, 5) is 0.467. The van der Waals surface area contributed by atoms with Crippen LogP contribution in [0.4, 0.5) is 0 Å². The van der Waals surface area contributed by atoms with Crippen LogP contribution in [0, 0.1) is 5.41 Å². The molecule has 3 nitrogen and oxygen atoms in total. The first-order valence-electron chi connectivity index (χ1n) is 7.82. The zero-order chi connectivity index (χ0) is 15.9. The summed E-state index contributed by atoms with van der Waals surface area (Å²) >= 11 is 0. The van der Waals surface area contributed by atoms with E-state index in [2.05, 4.69) is 34.7 Å². The van der Waals surface area contributed by atoms with Crippen molar-refractivity contribution in [3.63, 3.8) is 0 Å². The van der Waals surface area contributed by atoms with E-state index in [1.54, 1.807) is 24.3 Å². The van der Waals surface area contributed by atoms with Crippen molar-refractivity contribution in [2.45, 2.75) is 50.3 Å². The maximum Gasteiger partial charge on any atom is 0.187 e. The van der Waals surface area contributed by atoms with Gasteiger partial charge in [0, 0.05) is 5.41 Å². The van der Waals surface area contributed by atoms with Crippen molar-refractivity contribution in [2.75, 3.05) is 20.1 Å². The Hall–Kier alpha value is -0.870. The monoisotopic (exact) mass is 310 g/mol. The van der Waals surface area contributed by atoms with E-state index < -0.39 is 9.84 Å². The molecule has 21 heavy (non-hydrogen) atoms. The summed E-state index contributed by atoms with van der Waals surface area (Å²) in [6.07, 6.45) is 0.753. The zero-order valence-corrected chi connectivity index (χ0v) is 14.7. The maximum absolute atomic E-state index is 13.0. The van der Waals surface area contributed by atoms with E-state index in [0.717, 1.165) is 24.0 Å². The molecule has 118 valence electrons. The van der Waals surface area contributed by atoms with Gasteiger partial charge in [-0.15, -0.1) is 0 Å². The van der Waals surface area contributed by atoms with Gasteiger partial charge >= 0.3 is 0 Å². The lowest BCUT2D eigenvalue weighted by atomic mass is 9.65. The van der Waals surface area contributed by atoms with Gasteiger partial charge in [-0.05, 0) is 32.4 Å². The average Bonchev–Trinajstić information content (AvgIpc) is 2.45. The molecule has 0 saturated heterocycles. The molecule has 2 rings (SSSR count). The number of hydrogen-bond acceptors (Lipinski definition) is 2. The Bertz CT molecular complexity index is 588. The second kappa shape index (κ2) is 5.40. The highest BCUT2D eigenvalue weighted by Gasteiger charge is 2.61. The fourth-order valence-electron chi connectivity index (χ4n) is 4.02. The van der Waals surface area contributed by atoms with Gasteiger partial charge in [-0.1, -0.05) is 32.0 Å². The number of quaternary nitrogens is 1. The number of rotatable bonds is 5. The summed E-state index contributed by atoms with van der Waals surface area (Å²) in [5.41, 5.74) is 0.0767. The largest absolute Gasteiger partial charge is 0.323 e. The van der Waals surface area contributed by atoms with Gasteiger partial charge in [-0.2, -0.15) is 0 Å². The third-order valence-corrected chi connectivity index (χ3v) is 7.62. The number of sulfone groups is 1. The van der Waals surface area contributed by atoms with Gasteiger partial charge in [-0.3, -0.25) is 0 Å². The Morgan fingerprint density at radius 2 is 1.67 bits per heavy atom. The van der Waals surface area contributed by atoms with Crippen LogP contribution >= 0.6 is 0 Å². The van der Waals surface area contributed by atoms with Crippen LogP contribution < -0.4 is 0 Å². The highest BCUT2D eigenvalue weighted by molar-refractivity contribution is 7.92. The Morgan fingerprint density at radius 3 is 2.10 bits per heavy atom. The molecule has 1 aromatic rings. The molecule has 1 fully saturated rings. The second-order valence-electron chi connectivity index (χ2n) is 7.15. The molecule has 0 spiro atoms. The van der Waals surface area contributed by atoms with Gasteiger partial charge < -0.3 is 4.48 Å². The molecular formula is C17H28NO2S+. The molecule has 0 unspecified atom stereocenters. The Morgan fingerprint density at radius 1 is 1.14 bits per heavy atom. The van der Waals surface area contributed by atoms with Crippen molar-refractivity contribution in [3.05, 3.63) is 30.3 Å². The van der Waals surface area contributed by atoms with E-state index in [9.17, 15) is 8.42 Å². The zero-order valence-electron chi connectivity index (χ0n) is 13.8. The molecule has 2 atom stereocenters. The van der Waals surface area contributed by atoms with Crippen LogP contribution in [0.2, 0.25) is 0 Å². The first-order chi connectivity index (χ1) is 9.69. The van der Waals surface area contributed by atoms with Crippen LogP contribution in [-0.2, 0) is 9.84 Å². The summed E-state index contributed by atoms with van der Waals surface area (Å²) in [5, 5.41) is -0.264. The van der Waals surface area contributed by atoms with E-state index in [4.69, 9.17) is 0 Å². The molecule has 1 aromatic carbocycles. The third kappa shape index (κ3) is 2.64. The molecule has 0 heterocycles. The number of hydrogen-bond donors (Lipinski definition) is 0. The molecule has 1 aliphatic rings. The smallest absolute Gasteiger partial charge is 0.187 e. The highest BCUT2D eigenvalue weighted by Crippen LogP contribution is 2.50. The average molecular weight is 310 g/mol. The minimum absolute atomic E-state index is 0.0767. The van der Waals surface area contributed by atoms with Crippen LogP contribution in [0.1, 0.15) is 34.1 Å². The van der Waals surface area contributed by atoms with Crippen molar-refractivity contribution in [2.24, 2.45) is 5.41 Å². The molecule has 4 heteroatoms. The van der Waals surface area contributed by atoms with E-state index in [-0.39, 0.29) is 16.7 Å². The first kappa shape index (κ1) is 16.5. The van der Waals surface area contributed by atoms with Gasteiger partial charge in [0.2, 0.25) is 0 Å². The lowest BCUT2D eigenvalue weighted by Gasteiger charge is -2.58. The first-order valence-corrected chi connectivity index (χ1v) is 9.37. The van der Waals surface area contributed by atoms with E-state index in [1.165, 1.54) is 0 Å². The molecule has 0 aromatic heterocycles. The Kier molecular flexibility index (Phi) is 4.24. The van der Waals surface area contributed by atoms with Crippen molar-refractivity contribution in [1.82, 2.24) is 0 Å². The Balaban J connectivity index is 2.41. The van der Waals surface area contributed by atoms with Gasteiger partial charge in [0.25, 0.3) is 0 Å². The molecule has 0 amide bonds. The molecule has 0 radical (unpaired) electrons. The quantitative estimate of drug-likeness (QED) is 0.783. The van der Waals surface area contributed by atoms with Crippen molar-refractivity contribution in [3.8, 4) is 0 Å². The van der Waals surface area contributed by atoms with Gasteiger partial charge in [0.05, 0.1) is 25.0 Å². The minimum Gasteiger partial charge on any atom is -0.323 e. The second-order valence-corrected chi connectivity index (χ2v) is 9.31. The van der Waals surface area contributed by atoms with Gasteiger partial charge in [0.15, 0.2) is 9.84 Å². The maximum atomic E-state index is 13.0. The predicted molar refractivity (Wildman–Crippen MR) is 86.9 cm³/mol. The van der Waals surface area contributed by atoms with E-state index in [1.807, 2.05) is 6.07 Å². The standard InChI is InChI=1S/C17H28NO2S/c1-6-18(5,7-2)16-15(13-17(16,3)4)21(19,20)14-11-9-8-10-12-14/h8-12,15-16H,6-7,13H2,1-5H3/q+1/t15-,16-/m0/s1. The highest BCUT2D eigenvalue weighted by atomic mass is 32.2. The molecule has 1 saturated carbocycles. The lowest BCUT2D eigenvalue weighted by Crippen LogP contribution is -2.71. The van der Waals surface area contributed by atoms with Crippen molar-refractivity contribution >= 4 is 9.84 Å². The SMILES string of the molecule is CC[N+](C)(CC)[C@H]1[C@@H](S(=O)(=O)c2ccccc2)CC1(C)C. The third-order valence-electron chi connectivity index (χ3n) is 5.47. The van der Waals surface area contributed by atoms with Crippen molar-refractivity contribution < 1.29 is 12.9 Å². The molecular weight excluding hydrogens is 282 g/mol. The van der Waals surface area contributed by atoms with Crippen LogP contribution in [-0.4, -0.2) is 44.3 Å². The number of nitrogens with zero attached hydrogens (tertiary/aromatic N) is 1. The molecule has 0 N–H and O–H groups in total. The van der Waals surface area contributed by atoms with E-state index in [0.29, 0.717) is 4.90 Å². The lowest BCUT2D eigenvalue weighted by molar-refractivity contribution is -0.943. The Labute approximate surface area is 129 Å². The van der Waals surface area contributed by atoms with Crippen LogP contribution in [0.25, 0.3) is 0 Å². The minimum atomic E-state index is -3.24. The normalized spacial score (nSPS) is 25.4.